The predicted octanol–water partition coefficient (Wildman–Crippen LogP) is 0.563. The van der Waals surface area contributed by atoms with E-state index in [4.69, 9.17) is 4.74 Å². The summed E-state index contributed by atoms with van der Waals surface area (Å²) in [6.45, 7) is 3.55. The summed E-state index contributed by atoms with van der Waals surface area (Å²) in [7, 11) is 0. The van der Waals surface area contributed by atoms with Gasteiger partial charge in [0.1, 0.15) is 11.9 Å². The Morgan fingerprint density at radius 1 is 1.38 bits per heavy atom. The Hall–Kier alpha value is -2.97. The molecule has 1 atom stereocenters. The van der Waals surface area contributed by atoms with Crippen LogP contribution in [0.4, 0.5) is 4.79 Å². The van der Waals surface area contributed by atoms with Gasteiger partial charge >= 0.3 is 6.09 Å². The molecule has 2 N–H and O–H groups in total. The summed E-state index contributed by atoms with van der Waals surface area (Å²) in [6.07, 6.45) is 2.67. The number of imide groups is 1. The lowest BCUT2D eigenvalue weighted by Gasteiger charge is -2.26. The number of carbonyl (C=O) groups excluding carboxylic acids is 3. The van der Waals surface area contributed by atoms with Gasteiger partial charge in [0.05, 0.1) is 23.6 Å². The number of aromatic nitrogens is 2. The Morgan fingerprint density at radius 2 is 2.15 bits per heavy atom. The maximum atomic E-state index is 13.1. The van der Waals surface area contributed by atoms with E-state index in [9.17, 15) is 19.2 Å². The van der Waals surface area contributed by atoms with Crippen LogP contribution in [0, 0.1) is 6.92 Å². The molecule has 1 unspecified atom stereocenters. The number of alkyl carbamates (subject to hydrolysis) is 1. The molecule has 1 aromatic heterocycles. The Morgan fingerprint density at radius 3 is 2.85 bits per heavy atom. The van der Waals surface area contributed by atoms with Crippen LogP contribution < -0.4 is 16.2 Å². The molecular weight excluding hydrogens is 340 g/mol. The van der Waals surface area contributed by atoms with Crippen molar-refractivity contribution in [1.82, 2.24) is 20.2 Å². The van der Waals surface area contributed by atoms with E-state index < -0.39 is 23.6 Å². The fraction of sp³-hybridized carbons (Fsp3) is 0.471. The third-order valence-electron chi connectivity index (χ3n) is 4.40. The van der Waals surface area contributed by atoms with Crippen molar-refractivity contribution in [3.05, 3.63) is 33.5 Å². The van der Waals surface area contributed by atoms with Crippen LogP contribution in [-0.2, 0) is 20.7 Å². The molecule has 26 heavy (non-hydrogen) atoms. The van der Waals surface area contributed by atoms with Crippen LogP contribution in [0.2, 0.25) is 0 Å². The third-order valence-corrected chi connectivity index (χ3v) is 4.40. The fourth-order valence-electron chi connectivity index (χ4n) is 3.29. The van der Waals surface area contributed by atoms with E-state index in [2.05, 4.69) is 15.6 Å². The first-order chi connectivity index (χ1) is 12.4. The van der Waals surface area contributed by atoms with Gasteiger partial charge in [0.2, 0.25) is 11.8 Å². The number of carbonyl (C=O) groups is 3. The highest BCUT2D eigenvalue weighted by molar-refractivity contribution is 5.99. The zero-order valence-corrected chi connectivity index (χ0v) is 14.6. The first kappa shape index (κ1) is 17.8. The number of ether oxygens (including phenoxy) is 1. The molecule has 3 amide bonds. The minimum atomic E-state index is -0.802. The van der Waals surface area contributed by atoms with Gasteiger partial charge in [-0.1, -0.05) is 6.08 Å². The molecule has 9 nitrogen and oxygen atoms in total. The van der Waals surface area contributed by atoms with Crippen LogP contribution in [0.25, 0.3) is 5.70 Å². The van der Waals surface area contributed by atoms with Crippen molar-refractivity contribution < 1.29 is 19.1 Å². The lowest BCUT2D eigenvalue weighted by atomic mass is 9.99. The third kappa shape index (κ3) is 3.24. The zero-order chi connectivity index (χ0) is 18.8. The van der Waals surface area contributed by atoms with Gasteiger partial charge in [0.25, 0.3) is 5.56 Å². The SMILES string of the molecule is CCOC(=O)NC1=CCCc2nc(C)n(C3CCC(=O)NC3=O)c(=O)c21. The van der Waals surface area contributed by atoms with Gasteiger partial charge < -0.3 is 4.74 Å². The summed E-state index contributed by atoms with van der Waals surface area (Å²) in [6, 6.07) is -0.802. The monoisotopic (exact) mass is 360 g/mol. The molecule has 9 heteroatoms. The van der Waals surface area contributed by atoms with Gasteiger partial charge in [-0.05, 0) is 33.1 Å². The number of allylic oxidation sites excluding steroid dienone is 1. The lowest BCUT2D eigenvalue weighted by molar-refractivity contribution is -0.135. The molecular formula is C17H20N4O5. The number of fused-ring (bicyclic) bond motifs is 1. The van der Waals surface area contributed by atoms with Crippen LogP contribution in [0.3, 0.4) is 0 Å². The van der Waals surface area contributed by atoms with Crippen LogP contribution in [0.5, 0.6) is 0 Å². The summed E-state index contributed by atoms with van der Waals surface area (Å²) in [5.74, 6) is -0.471. The molecule has 0 radical (unpaired) electrons. The second-order valence-corrected chi connectivity index (χ2v) is 6.12. The van der Waals surface area contributed by atoms with Crippen LogP contribution in [0.1, 0.15) is 49.3 Å². The van der Waals surface area contributed by atoms with E-state index in [0.29, 0.717) is 30.1 Å². The Kier molecular flexibility index (Phi) is 4.88. The average Bonchev–Trinajstić information content (AvgIpc) is 2.56. The van der Waals surface area contributed by atoms with Crippen molar-refractivity contribution in [3.63, 3.8) is 0 Å². The molecule has 2 aliphatic rings. The van der Waals surface area contributed by atoms with Crippen molar-refractivity contribution in [2.24, 2.45) is 0 Å². The van der Waals surface area contributed by atoms with Crippen molar-refractivity contribution in [2.45, 2.75) is 45.6 Å². The van der Waals surface area contributed by atoms with Gasteiger partial charge in [-0.15, -0.1) is 0 Å². The largest absolute Gasteiger partial charge is 0.450 e. The van der Waals surface area contributed by atoms with Gasteiger partial charge in [-0.2, -0.15) is 0 Å². The first-order valence-electron chi connectivity index (χ1n) is 8.52. The molecule has 0 bridgehead atoms. The molecule has 0 aromatic carbocycles. The fourth-order valence-corrected chi connectivity index (χ4v) is 3.29. The quantitative estimate of drug-likeness (QED) is 0.760. The number of piperidine rings is 1. The minimum absolute atomic E-state index is 0.156. The van der Waals surface area contributed by atoms with Crippen LogP contribution in [0.15, 0.2) is 10.9 Å². The van der Waals surface area contributed by atoms with Crippen molar-refractivity contribution in [1.29, 1.82) is 0 Å². The van der Waals surface area contributed by atoms with Crippen molar-refractivity contribution in [2.75, 3.05) is 6.61 Å². The van der Waals surface area contributed by atoms with Gasteiger partial charge in [-0.3, -0.25) is 29.6 Å². The smallest absolute Gasteiger partial charge is 0.411 e. The van der Waals surface area contributed by atoms with Crippen LogP contribution in [-0.4, -0.2) is 34.1 Å². The number of aryl methyl sites for hydroxylation is 2. The molecule has 1 aliphatic heterocycles. The van der Waals surface area contributed by atoms with Crippen molar-refractivity contribution in [3.8, 4) is 0 Å². The van der Waals surface area contributed by atoms with E-state index in [1.807, 2.05) is 0 Å². The van der Waals surface area contributed by atoms with E-state index in [0.717, 1.165) is 0 Å². The topological polar surface area (TPSA) is 119 Å². The first-order valence-corrected chi connectivity index (χ1v) is 8.52. The van der Waals surface area contributed by atoms with E-state index in [1.54, 1.807) is 19.9 Å². The zero-order valence-electron chi connectivity index (χ0n) is 14.6. The standard InChI is InChI=1S/C17H20N4O5/c1-3-26-17(25)19-11-6-4-5-10-14(11)16(24)21(9(2)18-10)12-7-8-13(22)20-15(12)23/h6,12H,3-5,7-8H2,1-2H3,(H,19,25)(H,20,22,23). The lowest BCUT2D eigenvalue weighted by Crippen LogP contribution is -2.46. The normalized spacial score (nSPS) is 19.3. The highest BCUT2D eigenvalue weighted by Crippen LogP contribution is 2.24. The number of amides is 3. The summed E-state index contributed by atoms with van der Waals surface area (Å²) in [5.41, 5.74) is 0.762. The highest BCUT2D eigenvalue weighted by atomic mass is 16.5. The summed E-state index contributed by atoms with van der Waals surface area (Å²) < 4.78 is 6.18. The number of hydrogen-bond donors (Lipinski definition) is 2. The molecule has 2 heterocycles. The molecule has 0 spiro atoms. The van der Waals surface area contributed by atoms with Gasteiger partial charge in [-0.25, -0.2) is 9.78 Å². The Labute approximate surface area is 149 Å². The molecule has 0 saturated carbocycles. The number of nitrogens with one attached hydrogen (secondary N) is 2. The summed E-state index contributed by atoms with van der Waals surface area (Å²) >= 11 is 0. The number of hydrogen-bond acceptors (Lipinski definition) is 6. The Balaban J connectivity index is 2.04. The maximum absolute atomic E-state index is 13.1. The van der Waals surface area contributed by atoms with E-state index in [1.165, 1.54) is 4.57 Å². The number of nitrogens with zero attached hydrogens (tertiary/aromatic N) is 2. The maximum Gasteiger partial charge on any atom is 0.411 e. The van der Waals surface area contributed by atoms with Crippen molar-refractivity contribution >= 4 is 23.6 Å². The van der Waals surface area contributed by atoms with E-state index in [-0.39, 0.29) is 30.9 Å². The van der Waals surface area contributed by atoms with Gasteiger partial charge in [0.15, 0.2) is 0 Å². The predicted molar refractivity (Wildman–Crippen MR) is 91.1 cm³/mol. The average molecular weight is 360 g/mol. The molecule has 1 aromatic rings. The van der Waals surface area contributed by atoms with Crippen LogP contribution >= 0.6 is 0 Å². The summed E-state index contributed by atoms with van der Waals surface area (Å²) in [5, 5.41) is 4.83. The molecule has 138 valence electrons. The minimum Gasteiger partial charge on any atom is -0.450 e. The van der Waals surface area contributed by atoms with Gasteiger partial charge in [0, 0.05) is 6.42 Å². The molecule has 1 saturated heterocycles. The second kappa shape index (κ2) is 7.11. The second-order valence-electron chi connectivity index (χ2n) is 6.12. The molecule has 3 rings (SSSR count). The highest BCUT2D eigenvalue weighted by Gasteiger charge is 2.32. The molecule has 1 fully saturated rings. The molecule has 1 aliphatic carbocycles. The summed E-state index contributed by atoms with van der Waals surface area (Å²) in [4.78, 5) is 53.0. The Bertz CT molecular complexity index is 871. The van der Waals surface area contributed by atoms with E-state index >= 15 is 0 Å². The number of rotatable bonds is 3.